The molecule has 1 aromatic heterocycles. The summed E-state index contributed by atoms with van der Waals surface area (Å²) in [6.45, 7) is 1.86. The van der Waals surface area contributed by atoms with Gasteiger partial charge in [0.05, 0.1) is 5.52 Å². The fraction of sp³-hybridized carbons (Fsp3) is 0.357. The van der Waals surface area contributed by atoms with Crippen LogP contribution in [0.4, 0.5) is 0 Å². The van der Waals surface area contributed by atoms with Gasteiger partial charge in [0.2, 0.25) is 0 Å². The summed E-state index contributed by atoms with van der Waals surface area (Å²) in [6, 6.07) is 10.5. The lowest BCUT2D eigenvalue weighted by Gasteiger charge is -2.13. The molecule has 1 aliphatic heterocycles. The SMILES string of the molecule is c1cc(OCC2CCCN2)c2cccnc2c1. The number of pyridine rings is 1. The molecule has 0 bridgehead atoms. The molecule has 2 aromatic rings. The van der Waals surface area contributed by atoms with Crippen LogP contribution in [0.15, 0.2) is 36.5 Å². The topological polar surface area (TPSA) is 34.1 Å². The zero-order valence-corrected chi connectivity index (χ0v) is 9.73. The maximum Gasteiger partial charge on any atom is 0.128 e. The van der Waals surface area contributed by atoms with Crippen LogP contribution in [0.25, 0.3) is 10.9 Å². The smallest absolute Gasteiger partial charge is 0.128 e. The van der Waals surface area contributed by atoms with Crippen molar-refractivity contribution >= 4 is 10.9 Å². The first-order valence-corrected chi connectivity index (χ1v) is 6.13. The Morgan fingerprint density at radius 1 is 1.29 bits per heavy atom. The minimum Gasteiger partial charge on any atom is -0.491 e. The molecule has 1 aromatic carbocycles. The van der Waals surface area contributed by atoms with Crippen molar-refractivity contribution < 1.29 is 4.74 Å². The van der Waals surface area contributed by atoms with Crippen molar-refractivity contribution in [1.82, 2.24) is 10.3 Å². The summed E-state index contributed by atoms with van der Waals surface area (Å²) < 4.78 is 5.90. The molecule has 0 radical (unpaired) electrons. The highest BCUT2D eigenvalue weighted by Crippen LogP contribution is 2.24. The van der Waals surface area contributed by atoms with Gasteiger partial charge in [0, 0.05) is 17.6 Å². The van der Waals surface area contributed by atoms with Crippen LogP contribution in [-0.2, 0) is 0 Å². The van der Waals surface area contributed by atoms with Crippen LogP contribution < -0.4 is 10.1 Å². The number of ether oxygens (including phenoxy) is 1. The number of nitrogens with one attached hydrogen (secondary N) is 1. The van der Waals surface area contributed by atoms with E-state index in [2.05, 4.69) is 16.4 Å². The molecular formula is C14H16N2O. The van der Waals surface area contributed by atoms with Crippen molar-refractivity contribution in [2.24, 2.45) is 0 Å². The van der Waals surface area contributed by atoms with Gasteiger partial charge in [-0.2, -0.15) is 0 Å². The average Bonchev–Trinajstić information content (AvgIpc) is 2.89. The number of hydrogen-bond donors (Lipinski definition) is 1. The second-order valence-corrected chi connectivity index (χ2v) is 4.43. The zero-order valence-electron chi connectivity index (χ0n) is 9.73. The second kappa shape index (κ2) is 4.72. The number of rotatable bonds is 3. The van der Waals surface area contributed by atoms with Crippen molar-refractivity contribution in [2.75, 3.05) is 13.2 Å². The Bertz CT molecular complexity index is 501. The van der Waals surface area contributed by atoms with Gasteiger partial charge in [-0.15, -0.1) is 0 Å². The molecule has 0 spiro atoms. The summed E-state index contributed by atoms with van der Waals surface area (Å²) in [5.74, 6) is 0.935. The first-order chi connectivity index (χ1) is 8.43. The van der Waals surface area contributed by atoms with E-state index in [9.17, 15) is 0 Å². The second-order valence-electron chi connectivity index (χ2n) is 4.43. The molecule has 0 saturated carbocycles. The van der Waals surface area contributed by atoms with Gasteiger partial charge in [0.1, 0.15) is 12.4 Å². The molecule has 2 heterocycles. The summed E-state index contributed by atoms with van der Waals surface area (Å²) in [5, 5.41) is 4.53. The van der Waals surface area contributed by atoms with Gasteiger partial charge < -0.3 is 10.1 Å². The predicted molar refractivity (Wildman–Crippen MR) is 68.3 cm³/mol. The third kappa shape index (κ3) is 2.24. The van der Waals surface area contributed by atoms with Crippen molar-refractivity contribution in [1.29, 1.82) is 0 Å². The molecule has 1 atom stereocenters. The summed E-state index contributed by atoms with van der Waals surface area (Å²) in [7, 11) is 0. The van der Waals surface area contributed by atoms with E-state index in [-0.39, 0.29) is 0 Å². The number of fused-ring (bicyclic) bond motifs is 1. The summed E-state index contributed by atoms with van der Waals surface area (Å²) in [5.41, 5.74) is 0.990. The van der Waals surface area contributed by atoms with Crippen LogP contribution in [0.5, 0.6) is 5.75 Å². The molecule has 17 heavy (non-hydrogen) atoms. The Kier molecular flexibility index (Phi) is 2.92. The van der Waals surface area contributed by atoms with Gasteiger partial charge in [-0.25, -0.2) is 0 Å². The van der Waals surface area contributed by atoms with Crippen molar-refractivity contribution in [3.63, 3.8) is 0 Å². The fourth-order valence-electron chi connectivity index (χ4n) is 2.29. The van der Waals surface area contributed by atoms with Gasteiger partial charge in [0.15, 0.2) is 0 Å². The Hall–Kier alpha value is -1.61. The van der Waals surface area contributed by atoms with Crippen LogP contribution in [-0.4, -0.2) is 24.2 Å². The number of aromatic nitrogens is 1. The summed E-state index contributed by atoms with van der Waals surface area (Å²) in [4.78, 5) is 4.33. The van der Waals surface area contributed by atoms with Gasteiger partial charge in [-0.05, 0) is 43.7 Å². The largest absolute Gasteiger partial charge is 0.491 e. The lowest BCUT2D eigenvalue weighted by Crippen LogP contribution is -2.28. The molecule has 0 aliphatic carbocycles. The van der Waals surface area contributed by atoms with E-state index < -0.39 is 0 Å². The standard InChI is InChI=1S/C14H16N2O/c1-6-13-12(5-3-9-16-13)14(7-1)17-10-11-4-2-8-15-11/h1,3,5-7,9,11,15H,2,4,8,10H2. The molecule has 1 saturated heterocycles. The van der Waals surface area contributed by atoms with Crippen molar-refractivity contribution in [3.8, 4) is 5.75 Å². The minimum atomic E-state index is 0.502. The van der Waals surface area contributed by atoms with Crippen LogP contribution in [0, 0.1) is 0 Å². The third-order valence-corrected chi connectivity index (χ3v) is 3.21. The van der Waals surface area contributed by atoms with Crippen LogP contribution >= 0.6 is 0 Å². The molecule has 88 valence electrons. The molecule has 1 aliphatic rings. The molecule has 1 unspecified atom stereocenters. The fourth-order valence-corrected chi connectivity index (χ4v) is 2.29. The Labute approximate surface area is 101 Å². The lowest BCUT2D eigenvalue weighted by atomic mass is 10.2. The molecule has 0 amide bonds. The maximum absolute atomic E-state index is 5.90. The lowest BCUT2D eigenvalue weighted by molar-refractivity contribution is 0.280. The normalized spacial score (nSPS) is 19.6. The van der Waals surface area contributed by atoms with Gasteiger partial charge in [-0.3, -0.25) is 4.98 Å². The van der Waals surface area contributed by atoms with Crippen molar-refractivity contribution in [3.05, 3.63) is 36.5 Å². The third-order valence-electron chi connectivity index (χ3n) is 3.21. The van der Waals surface area contributed by atoms with Crippen LogP contribution in [0.1, 0.15) is 12.8 Å². The Balaban J connectivity index is 1.79. The Morgan fingerprint density at radius 2 is 2.29 bits per heavy atom. The van der Waals surface area contributed by atoms with E-state index >= 15 is 0 Å². The Morgan fingerprint density at radius 3 is 3.18 bits per heavy atom. The predicted octanol–water partition coefficient (Wildman–Crippen LogP) is 2.37. The summed E-state index contributed by atoms with van der Waals surface area (Å²) in [6.07, 6.45) is 4.28. The zero-order chi connectivity index (χ0) is 11.5. The maximum atomic E-state index is 5.90. The average molecular weight is 228 g/mol. The van der Waals surface area contributed by atoms with Gasteiger partial charge >= 0.3 is 0 Å². The van der Waals surface area contributed by atoms with Crippen LogP contribution in [0.3, 0.4) is 0 Å². The molecular weight excluding hydrogens is 212 g/mol. The molecule has 1 N–H and O–H groups in total. The van der Waals surface area contributed by atoms with Gasteiger partial charge in [-0.1, -0.05) is 6.07 Å². The molecule has 3 rings (SSSR count). The van der Waals surface area contributed by atoms with E-state index in [1.807, 2.05) is 30.5 Å². The number of benzene rings is 1. The van der Waals surface area contributed by atoms with E-state index in [1.165, 1.54) is 12.8 Å². The van der Waals surface area contributed by atoms with Crippen molar-refractivity contribution in [2.45, 2.75) is 18.9 Å². The van der Waals surface area contributed by atoms with E-state index in [0.717, 1.165) is 29.8 Å². The van der Waals surface area contributed by atoms with E-state index in [4.69, 9.17) is 4.74 Å². The number of nitrogens with zero attached hydrogens (tertiary/aromatic N) is 1. The van der Waals surface area contributed by atoms with Gasteiger partial charge in [0.25, 0.3) is 0 Å². The van der Waals surface area contributed by atoms with E-state index in [0.29, 0.717) is 6.04 Å². The minimum absolute atomic E-state index is 0.502. The summed E-state index contributed by atoms with van der Waals surface area (Å²) >= 11 is 0. The molecule has 3 nitrogen and oxygen atoms in total. The first kappa shape index (κ1) is 10.5. The first-order valence-electron chi connectivity index (χ1n) is 6.13. The monoisotopic (exact) mass is 228 g/mol. The van der Waals surface area contributed by atoms with Crippen LogP contribution in [0.2, 0.25) is 0 Å². The highest BCUT2D eigenvalue weighted by Gasteiger charge is 2.14. The molecule has 3 heteroatoms. The highest BCUT2D eigenvalue weighted by molar-refractivity contribution is 5.84. The molecule has 1 fully saturated rings. The highest BCUT2D eigenvalue weighted by atomic mass is 16.5. The quantitative estimate of drug-likeness (QED) is 0.875. The number of hydrogen-bond acceptors (Lipinski definition) is 3. The van der Waals surface area contributed by atoms with E-state index in [1.54, 1.807) is 0 Å².